The number of carboxylic acids is 1. The molecule has 0 radical (unpaired) electrons. The van der Waals surface area contributed by atoms with Crippen LogP contribution in [0.3, 0.4) is 0 Å². The van der Waals surface area contributed by atoms with Gasteiger partial charge >= 0.3 is 0 Å². The zero-order valence-corrected chi connectivity index (χ0v) is 11.8. The number of ether oxygens (including phenoxy) is 1. The highest BCUT2D eigenvalue weighted by molar-refractivity contribution is 5.94. The van der Waals surface area contributed by atoms with Crippen LogP contribution in [0.4, 0.5) is 4.39 Å². The molecule has 0 N–H and O–H groups in total. The minimum Gasteiger partial charge on any atom is -0.545 e. The number of benzene rings is 2. The average molecular weight is 297 g/mol. The molecule has 22 heavy (non-hydrogen) atoms. The largest absolute Gasteiger partial charge is 0.545 e. The molecule has 0 bridgehead atoms. The van der Waals surface area contributed by atoms with Gasteiger partial charge in [0.1, 0.15) is 18.2 Å². The summed E-state index contributed by atoms with van der Waals surface area (Å²) in [6.07, 6.45) is 0.609. The van der Waals surface area contributed by atoms with Gasteiger partial charge in [0.2, 0.25) is 0 Å². The Hall–Kier alpha value is -2.62. The van der Waals surface area contributed by atoms with Gasteiger partial charge in [-0.25, -0.2) is 4.39 Å². The Bertz CT molecular complexity index is 735. The van der Waals surface area contributed by atoms with Crippen molar-refractivity contribution in [3.05, 3.63) is 70.8 Å². The van der Waals surface area contributed by atoms with Gasteiger partial charge in [-0.3, -0.25) is 0 Å². The summed E-state index contributed by atoms with van der Waals surface area (Å²) in [5, 5.41) is 10.9. The molecule has 3 rings (SSSR count). The number of aliphatic carboxylic acids is 1. The number of rotatable bonds is 4. The topological polar surface area (TPSA) is 49.4 Å². The first kappa shape index (κ1) is 14.3. The van der Waals surface area contributed by atoms with E-state index < -0.39 is 11.8 Å². The van der Waals surface area contributed by atoms with Gasteiger partial charge in [0.05, 0.1) is 5.97 Å². The van der Waals surface area contributed by atoms with Crippen molar-refractivity contribution in [2.75, 3.05) is 0 Å². The van der Waals surface area contributed by atoms with Crippen molar-refractivity contribution in [2.45, 2.75) is 19.4 Å². The van der Waals surface area contributed by atoms with Crippen LogP contribution in [-0.2, 0) is 17.8 Å². The van der Waals surface area contributed by atoms with E-state index in [0.717, 1.165) is 11.1 Å². The number of carbonyl (C=O) groups is 1. The van der Waals surface area contributed by atoms with Crippen molar-refractivity contribution in [2.24, 2.45) is 0 Å². The van der Waals surface area contributed by atoms with E-state index in [0.29, 0.717) is 24.3 Å². The van der Waals surface area contributed by atoms with Crippen molar-refractivity contribution in [3.63, 3.8) is 0 Å². The molecular formula is C18H14FO3-. The molecule has 0 atom stereocenters. The monoisotopic (exact) mass is 297 g/mol. The van der Waals surface area contributed by atoms with E-state index in [4.69, 9.17) is 4.74 Å². The van der Waals surface area contributed by atoms with E-state index in [-0.39, 0.29) is 12.0 Å². The van der Waals surface area contributed by atoms with E-state index in [9.17, 15) is 14.3 Å². The molecule has 0 fully saturated rings. The molecule has 0 amide bonds. The summed E-state index contributed by atoms with van der Waals surface area (Å²) in [5.41, 5.74) is 1.86. The van der Waals surface area contributed by atoms with Crippen LogP contribution in [0, 0.1) is 0 Å². The zero-order chi connectivity index (χ0) is 15.5. The number of hydrogen-bond donors (Lipinski definition) is 0. The number of hydrogen-bond acceptors (Lipinski definition) is 3. The highest BCUT2D eigenvalue weighted by Crippen LogP contribution is 2.34. The summed E-state index contributed by atoms with van der Waals surface area (Å²) in [7, 11) is 0. The smallest absolute Gasteiger partial charge is 0.135 e. The van der Waals surface area contributed by atoms with Crippen LogP contribution in [-0.4, -0.2) is 5.97 Å². The predicted octanol–water partition coefficient (Wildman–Crippen LogP) is 2.64. The molecule has 4 heteroatoms. The molecule has 1 aliphatic rings. The van der Waals surface area contributed by atoms with Crippen molar-refractivity contribution in [1.82, 2.24) is 0 Å². The first-order valence-electron chi connectivity index (χ1n) is 7.05. The number of aryl methyl sites for hydroxylation is 1. The standard InChI is InChI=1S/C18H15FO3/c19-17-15-9-7-14(22-11-12-4-2-1-3-5-12)10-13(15)6-8-16(17)18(20)21/h1-5,7,9-10H,6,8,11H2,(H,20,21)/p-1. The summed E-state index contributed by atoms with van der Waals surface area (Å²) in [4.78, 5) is 10.9. The number of fused-ring (bicyclic) bond motifs is 1. The Morgan fingerprint density at radius 3 is 2.64 bits per heavy atom. The minimum absolute atomic E-state index is 0.142. The third-order valence-electron chi connectivity index (χ3n) is 3.72. The van der Waals surface area contributed by atoms with E-state index in [1.54, 1.807) is 18.2 Å². The zero-order valence-electron chi connectivity index (χ0n) is 11.8. The normalized spacial score (nSPS) is 13.7. The lowest BCUT2D eigenvalue weighted by Gasteiger charge is -2.20. The Labute approximate surface area is 127 Å². The molecule has 0 aromatic heterocycles. The molecule has 1 aliphatic carbocycles. The fourth-order valence-corrected chi connectivity index (χ4v) is 2.55. The highest BCUT2D eigenvalue weighted by atomic mass is 19.1. The number of carbonyl (C=O) groups excluding carboxylic acids is 1. The van der Waals surface area contributed by atoms with Crippen molar-refractivity contribution >= 4 is 11.8 Å². The first-order chi connectivity index (χ1) is 10.6. The summed E-state index contributed by atoms with van der Waals surface area (Å²) in [6, 6.07) is 14.7. The lowest BCUT2D eigenvalue weighted by atomic mass is 9.91. The third kappa shape index (κ3) is 2.86. The second-order valence-electron chi connectivity index (χ2n) is 5.17. The highest BCUT2D eigenvalue weighted by Gasteiger charge is 2.20. The van der Waals surface area contributed by atoms with Gasteiger partial charge in [-0.05, 0) is 42.2 Å². The molecule has 3 nitrogen and oxygen atoms in total. The van der Waals surface area contributed by atoms with E-state index in [2.05, 4.69) is 0 Å². The molecule has 0 unspecified atom stereocenters. The van der Waals surface area contributed by atoms with Gasteiger partial charge in [0, 0.05) is 11.1 Å². The Morgan fingerprint density at radius 1 is 1.14 bits per heavy atom. The molecule has 0 spiro atoms. The Kier molecular flexibility index (Phi) is 3.92. The fourth-order valence-electron chi connectivity index (χ4n) is 2.55. The van der Waals surface area contributed by atoms with Gasteiger partial charge in [0.15, 0.2) is 0 Å². The number of halogens is 1. The molecule has 2 aromatic carbocycles. The Morgan fingerprint density at radius 2 is 1.91 bits per heavy atom. The van der Waals surface area contributed by atoms with E-state index in [1.165, 1.54) is 0 Å². The molecule has 0 heterocycles. The molecule has 2 aromatic rings. The van der Waals surface area contributed by atoms with Crippen molar-refractivity contribution in [1.29, 1.82) is 0 Å². The quantitative estimate of drug-likeness (QED) is 0.871. The van der Waals surface area contributed by atoms with Crippen LogP contribution in [0.5, 0.6) is 5.75 Å². The summed E-state index contributed by atoms with van der Waals surface area (Å²) in [6.45, 7) is 0.433. The van der Waals surface area contributed by atoms with Crippen LogP contribution in [0.25, 0.3) is 5.83 Å². The van der Waals surface area contributed by atoms with Crippen molar-refractivity contribution < 1.29 is 19.0 Å². The maximum absolute atomic E-state index is 14.1. The third-order valence-corrected chi connectivity index (χ3v) is 3.72. The maximum Gasteiger partial charge on any atom is 0.135 e. The average Bonchev–Trinajstić information content (AvgIpc) is 2.54. The SMILES string of the molecule is O=C([O-])C1=C(F)c2ccc(OCc3ccccc3)cc2CC1. The van der Waals surface area contributed by atoms with Crippen molar-refractivity contribution in [3.8, 4) is 5.75 Å². The predicted molar refractivity (Wildman–Crippen MR) is 78.6 cm³/mol. The van der Waals surface area contributed by atoms with Gasteiger partial charge in [0.25, 0.3) is 0 Å². The molecule has 0 saturated heterocycles. The fraction of sp³-hybridized carbons (Fsp3) is 0.167. The van der Waals surface area contributed by atoms with Crippen LogP contribution in [0.1, 0.15) is 23.1 Å². The number of carboxylic acid groups (broad SMARTS) is 1. The maximum atomic E-state index is 14.1. The lowest BCUT2D eigenvalue weighted by Crippen LogP contribution is -2.26. The molecular weight excluding hydrogens is 283 g/mol. The molecule has 0 aliphatic heterocycles. The van der Waals surface area contributed by atoms with Crippen LogP contribution < -0.4 is 9.84 Å². The van der Waals surface area contributed by atoms with Crippen LogP contribution in [0.2, 0.25) is 0 Å². The second-order valence-corrected chi connectivity index (χ2v) is 5.17. The summed E-state index contributed by atoms with van der Waals surface area (Å²) >= 11 is 0. The molecule has 112 valence electrons. The van der Waals surface area contributed by atoms with Crippen LogP contribution in [0.15, 0.2) is 54.1 Å². The Balaban J connectivity index is 1.79. The van der Waals surface area contributed by atoms with Crippen LogP contribution >= 0.6 is 0 Å². The summed E-state index contributed by atoms with van der Waals surface area (Å²) in [5.74, 6) is -1.49. The summed E-state index contributed by atoms with van der Waals surface area (Å²) < 4.78 is 19.8. The van der Waals surface area contributed by atoms with Gasteiger partial charge in [-0.2, -0.15) is 0 Å². The first-order valence-corrected chi connectivity index (χ1v) is 7.05. The van der Waals surface area contributed by atoms with E-state index in [1.807, 2.05) is 30.3 Å². The van der Waals surface area contributed by atoms with E-state index >= 15 is 0 Å². The van der Waals surface area contributed by atoms with Gasteiger partial charge in [-0.1, -0.05) is 30.3 Å². The lowest BCUT2D eigenvalue weighted by molar-refractivity contribution is -0.299. The van der Waals surface area contributed by atoms with Gasteiger partial charge in [-0.15, -0.1) is 0 Å². The van der Waals surface area contributed by atoms with Gasteiger partial charge < -0.3 is 14.6 Å². The minimum atomic E-state index is -1.44. The molecule has 0 saturated carbocycles. The second kappa shape index (κ2) is 6.02.